The number of hydrogen-bond donors (Lipinski definition) is 1. The highest BCUT2D eigenvalue weighted by Gasteiger charge is 2.45. The Morgan fingerprint density at radius 2 is 1.89 bits per heavy atom. The Morgan fingerprint density at radius 3 is 2.47 bits per heavy atom. The summed E-state index contributed by atoms with van der Waals surface area (Å²) < 4.78 is 44.3. The summed E-state index contributed by atoms with van der Waals surface area (Å²) in [4.78, 5) is 3.80. The van der Waals surface area contributed by atoms with Crippen LogP contribution in [0.4, 0.5) is 13.2 Å². The topological polar surface area (TPSA) is 41.7 Å². The minimum atomic E-state index is -4.18. The van der Waals surface area contributed by atoms with Crippen LogP contribution >= 0.6 is 0 Å². The van der Waals surface area contributed by atoms with Gasteiger partial charge in [-0.25, -0.2) is 0 Å². The summed E-state index contributed by atoms with van der Waals surface area (Å²) in [6.07, 6.45) is -3.39. The van der Waals surface area contributed by atoms with Gasteiger partial charge in [0.25, 0.3) is 0 Å². The third-order valence-electron chi connectivity index (χ3n) is 4.02. The summed E-state index contributed by atoms with van der Waals surface area (Å²) >= 11 is 0. The maximum Gasteiger partial charge on any atom is 0.404 e. The van der Waals surface area contributed by atoms with Crippen LogP contribution in [0.25, 0.3) is 0 Å². The predicted molar refractivity (Wildman–Crippen MR) is 65.9 cm³/mol. The molecule has 0 saturated carbocycles. The van der Waals surface area contributed by atoms with E-state index in [0.29, 0.717) is 26.3 Å². The van der Waals surface area contributed by atoms with Crippen LogP contribution in [-0.2, 0) is 4.74 Å². The Kier molecular flexibility index (Phi) is 5.05. The highest BCUT2D eigenvalue weighted by atomic mass is 19.4. The highest BCUT2D eigenvalue weighted by molar-refractivity contribution is 4.90. The van der Waals surface area contributed by atoms with Crippen LogP contribution in [0.5, 0.6) is 0 Å². The van der Waals surface area contributed by atoms with Crippen molar-refractivity contribution in [2.75, 3.05) is 45.9 Å². The first-order chi connectivity index (χ1) is 9.02. The van der Waals surface area contributed by atoms with E-state index in [2.05, 4.69) is 4.90 Å². The molecule has 19 heavy (non-hydrogen) atoms. The Morgan fingerprint density at radius 1 is 1.21 bits per heavy atom. The molecule has 2 rings (SSSR count). The minimum absolute atomic E-state index is 0.0146. The summed E-state index contributed by atoms with van der Waals surface area (Å²) in [5, 5.41) is 0. The van der Waals surface area contributed by atoms with Crippen LogP contribution in [0.3, 0.4) is 0 Å². The van der Waals surface area contributed by atoms with Gasteiger partial charge in [0, 0.05) is 32.2 Å². The monoisotopic (exact) mass is 281 g/mol. The summed E-state index contributed by atoms with van der Waals surface area (Å²) in [6.45, 7) is 4.08. The predicted octanol–water partition coefficient (Wildman–Crippen LogP) is 0.673. The Hall–Kier alpha value is -0.370. The van der Waals surface area contributed by atoms with Gasteiger partial charge in [-0.3, -0.25) is 9.80 Å². The van der Waals surface area contributed by atoms with E-state index >= 15 is 0 Å². The average molecular weight is 281 g/mol. The van der Waals surface area contributed by atoms with Crippen LogP contribution in [0.1, 0.15) is 12.8 Å². The normalized spacial score (nSPS) is 28.7. The molecule has 0 aromatic carbocycles. The molecule has 2 fully saturated rings. The minimum Gasteiger partial charge on any atom is -0.379 e. The molecular weight excluding hydrogens is 259 g/mol. The van der Waals surface area contributed by atoms with E-state index in [0.717, 1.165) is 19.5 Å². The third kappa shape index (κ3) is 3.81. The van der Waals surface area contributed by atoms with Crippen LogP contribution < -0.4 is 5.73 Å². The molecule has 0 bridgehead atoms. The van der Waals surface area contributed by atoms with E-state index in [9.17, 15) is 13.2 Å². The van der Waals surface area contributed by atoms with Gasteiger partial charge >= 0.3 is 6.18 Å². The van der Waals surface area contributed by atoms with Crippen LogP contribution in [0, 0.1) is 0 Å². The van der Waals surface area contributed by atoms with E-state index in [-0.39, 0.29) is 19.0 Å². The number of morpholine rings is 1. The summed E-state index contributed by atoms with van der Waals surface area (Å²) in [5.41, 5.74) is 5.32. The van der Waals surface area contributed by atoms with Crippen LogP contribution in [0.15, 0.2) is 0 Å². The van der Waals surface area contributed by atoms with Gasteiger partial charge in [0.05, 0.1) is 13.2 Å². The fourth-order valence-electron chi connectivity index (χ4n) is 3.00. The van der Waals surface area contributed by atoms with Crippen molar-refractivity contribution in [3.8, 4) is 0 Å². The van der Waals surface area contributed by atoms with Crippen molar-refractivity contribution in [1.82, 2.24) is 9.80 Å². The second-order valence-electron chi connectivity index (χ2n) is 5.22. The first-order valence-corrected chi connectivity index (χ1v) is 6.85. The van der Waals surface area contributed by atoms with Crippen molar-refractivity contribution in [3.63, 3.8) is 0 Å². The van der Waals surface area contributed by atoms with Gasteiger partial charge in [-0.2, -0.15) is 13.2 Å². The lowest BCUT2D eigenvalue weighted by molar-refractivity contribution is -0.182. The fraction of sp³-hybridized carbons (Fsp3) is 1.00. The van der Waals surface area contributed by atoms with Gasteiger partial charge in [-0.1, -0.05) is 0 Å². The van der Waals surface area contributed by atoms with Gasteiger partial charge in [0.15, 0.2) is 0 Å². The Bertz CT molecular complexity index is 282. The number of hydrogen-bond acceptors (Lipinski definition) is 4. The molecule has 2 aliphatic rings. The lowest BCUT2D eigenvalue weighted by atomic mass is 10.1. The molecule has 2 unspecified atom stereocenters. The molecule has 0 aromatic heterocycles. The maximum absolute atomic E-state index is 13.0. The number of rotatable bonds is 4. The number of likely N-dealkylation sites (tertiary alicyclic amines) is 1. The van der Waals surface area contributed by atoms with Gasteiger partial charge in [0.1, 0.15) is 6.04 Å². The quantitative estimate of drug-likeness (QED) is 0.822. The first-order valence-electron chi connectivity index (χ1n) is 6.85. The maximum atomic E-state index is 13.0. The zero-order chi connectivity index (χ0) is 13.9. The smallest absolute Gasteiger partial charge is 0.379 e. The molecule has 0 amide bonds. The molecule has 4 nitrogen and oxygen atoms in total. The standard InChI is InChI=1S/C12H22F3N3O/c13-12(14,15)11(1-3-16)18-4-2-10(9-18)17-5-7-19-8-6-17/h10-11H,1-9,16H2. The second kappa shape index (κ2) is 6.39. The number of nitrogens with two attached hydrogens (primary N) is 1. The zero-order valence-corrected chi connectivity index (χ0v) is 11.0. The lowest BCUT2D eigenvalue weighted by Gasteiger charge is -2.34. The summed E-state index contributed by atoms with van der Waals surface area (Å²) in [7, 11) is 0. The molecule has 0 radical (unpaired) electrons. The van der Waals surface area contributed by atoms with Crippen molar-refractivity contribution in [2.24, 2.45) is 5.73 Å². The molecule has 2 saturated heterocycles. The van der Waals surface area contributed by atoms with E-state index in [1.807, 2.05) is 0 Å². The van der Waals surface area contributed by atoms with Gasteiger partial charge in [0.2, 0.25) is 0 Å². The molecule has 2 heterocycles. The number of nitrogens with zero attached hydrogens (tertiary/aromatic N) is 2. The number of ether oxygens (including phenoxy) is 1. The number of alkyl halides is 3. The highest BCUT2D eigenvalue weighted by Crippen LogP contribution is 2.30. The van der Waals surface area contributed by atoms with Gasteiger partial charge < -0.3 is 10.5 Å². The third-order valence-corrected chi connectivity index (χ3v) is 4.02. The molecule has 0 aliphatic carbocycles. The molecule has 7 heteroatoms. The van der Waals surface area contributed by atoms with Crippen molar-refractivity contribution in [2.45, 2.75) is 31.1 Å². The van der Waals surface area contributed by atoms with Gasteiger partial charge in [-0.15, -0.1) is 0 Å². The SMILES string of the molecule is NCCC(N1CCC(N2CCOCC2)C1)C(F)(F)F. The summed E-state index contributed by atoms with van der Waals surface area (Å²) in [6, 6.07) is -1.16. The molecular formula is C12H22F3N3O. The lowest BCUT2D eigenvalue weighted by Crippen LogP contribution is -2.49. The van der Waals surface area contributed by atoms with E-state index in [4.69, 9.17) is 10.5 Å². The fourth-order valence-corrected chi connectivity index (χ4v) is 3.00. The molecule has 2 aliphatic heterocycles. The van der Waals surface area contributed by atoms with Crippen molar-refractivity contribution < 1.29 is 17.9 Å². The number of halogens is 3. The summed E-state index contributed by atoms with van der Waals surface area (Å²) in [5.74, 6) is 0. The largest absolute Gasteiger partial charge is 0.404 e. The van der Waals surface area contributed by atoms with E-state index in [1.165, 1.54) is 0 Å². The average Bonchev–Trinajstić information content (AvgIpc) is 2.84. The van der Waals surface area contributed by atoms with Crippen molar-refractivity contribution in [1.29, 1.82) is 0 Å². The van der Waals surface area contributed by atoms with Crippen LogP contribution in [-0.4, -0.2) is 74.0 Å². The van der Waals surface area contributed by atoms with E-state index < -0.39 is 12.2 Å². The molecule has 2 N–H and O–H groups in total. The molecule has 2 atom stereocenters. The molecule has 112 valence electrons. The van der Waals surface area contributed by atoms with Crippen LogP contribution in [0.2, 0.25) is 0 Å². The molecule has 0 aromatic rings. The van der Waals surface area contributed by atoms with Crippen molar-refractivity contribution in [3.05, 3.63) is 0 Å². The Balaban J connectivity index is 1.91. The Labute approximate surface area is 111 Å². The second-order valence-corrected chi connectivity index (χ2v) is 5.22. The van der Waals surface area contributed by atoms with E-state index in [1.54, 1.807) is 4.90 Å². The zero-order valence-electron chi connectivity index (χ0n) is 11.0. The van der Waals surface area contributed by atoms with Crippen molar-refractivity contribution >= 4 is 0 Å². The van der Waals surface area contributed by atoms with Gasteiger partial charge in [-0.05, 0) is 19.4 Å². The molecule has 0 spiro atoms. The first kappa shape index (κ1) is 15.0.